The van der Waals surface area contributed by atoms with Crippen molar-refractivity contribution in [2.24, 2.45) is 5.92 Å². The number of halogens is 4. The Morgan fingerprint density at radius 1 is 1.09 bits per heavy atom. The van der Waals surface area contributed by atoms with Crippen LogP contribution in [0.1, 0.15) is 27.2 Å². The first-order valence-electron chi connectivity index (χ1n) is 6.83. The molecular formula is C15H18F4O4. The number of esters is 1. The Hall–Kier alpha value is -2.12. The average molecular weight is 338 g/mol. The largest absolute Gasteiger partial charge is 0.480 e. The third-order valence-corrected chi connectivity index (χ3v) is 2.68. The van der Waals surface area contributed by atoms with Crippen molar-refractivity contribution in [1.82, 2.24) is 0 Å². The summed E-state index contributed by atoms with van der Waals surface area (Å²) < 4.78 is 61.2. The van der Waals surface area contributed by atoms with Crippen molar-refractivity contribution in [3.63, 3.8) is 0 Å². The Morgan fingerprint density at radius 2 is 1.57 bits per heavy atom. The van der Waals surface area contributed by atoms with E-state index in [1.54, 1.807) is 0 Å². The Kier molecular flexibility index (Phi) is 8.90. The zero-order valence-corrected chi connectivity index (χ0v) is 13.2. The van der Waals surface area contributed by atoms with Gasteiger partial charge in [0.05, 0.1) is 13.5 Å². The predicted molar refractivity (Wildman–Crippen MR) is 73.9 cm³/mol. The first kappa shape index (κ1) is 20.9. The third kappa shape index (κ3) is 5.88. The van der Waals surface area contributed by atoms with Crippen LogP contribution in [0.3, 0.4) is 0 Å². The molecule has 1 aromatic carbocycles. The molecule has 0 heterocycles. The molecule has 0 amide bonds. The number of methoxy groups -OCH3 is 1. The summed E-state index contributed by atoms with van der Waals surface area (Å²) in [6.45, 7) is 4.54. The summed E-state index contributed by atoms with van der Waals surface area (Å²) in [7, 11) is 1.14. The average Bonchev–Trinajstić information content (AvgIpc) is 2.54. The normalized spacial score (nSPS) is 11.1. The summed E-state index contributed by atoms with van der Waals surface area (Å²) in [6, 6.07) is 0.0270. The molecule has 23 heavy (non-hydrogen) atoms. The maximum Gasteiger partial charge on any atom is 0.306 e. The molecule has 0 aromatic heterocycles. The highest BCUT2D eigenvalue weighted by Crippen LogP contribution is 2.26. The summed E-state index contributed by atoms with van der Waals surface area (Å²) in [4.78, 5) is 22.6. The van der Waals surface area contributed by atoms with Crippen LogP contribution in [-0.2, 0) is 14.3 Å². The molecule has 0 bridgehead atoms. The monoisotopic (exact) mass is 338 g/mol. The fraction of sp³-hybridized carbons (Fsp3) is 0.467. The second kappa shape index (κ2) is 9.81. The van der Waals surface area contributed by atoms with Crippen LogP contribution in [0.2, 0.25) is 0 Å². The van der Waals surface area contributed by atoms with E-state index in [0.717, 1.165) is 7.11 Å². The van der Waals surface area contributed by atoms with E-state index in [0.29, 0.717) is 0 Å². The molecule has 0 N–H and O–H groups in total. The van der Waals surface area contributed by atoms with Gasteiger partial charge in [0, 0.05) is 12.0 Å². The van der Waals surface area contributed by atoms with Crippen molar-refractivity contribution >= 4 is 11.8 Å². The van der Waals surface area contributed by atoms with E-state index in [4.69, 9.17) is 0 Å². The number of rotatable bonds is 6. The second-order valence-corrected chi connectivity index (χ2v) is 4.23. The lowest BCUT2D eigenvalue weighted by atomic mass is 10.0. The maximum atomic E-state index is 13.3. The van der Waals surface area contributed by atoms with Crippen LogP contribution in [0.4, 0.5) is 17.6 Å². The van der Waals surface area contributed by atoms with E-state index < -0.39 is 53.3 Å². The quantitative estimate of drug-likeness (QED) is 0.453. The molecule has 8 heteroatoms. The minimum Gasteiger partial charge on any atom is -0.480 e. The third-order valence-electron chi connectivity index (χ3n) is 2.68. The number of ether oxygens (including phenoxy) is 2. The summed E-state index contributed by atoms with van der Waals surface area (Å²) in [5.41, 5.74) is 0. The van der Waals surface area contributed by atoms with Gasteiger partial charge in [-0.25, -0.2) is 8.78 Å². The van der Waals surface area contributed by atoms with Gasteiger partial charge in [0.2, 0.25) is 11.6 Å². The SMILES string of the molecule is CC.COC(=O)CC(C)C(=O)COc1c(F)c(F)cc(F)c1F. The van der Waals surface area contributed by atoms with Gasteiger partial charge in [0.25, 0.3) is 0 Å². The number of benzene rings is 1. The van der Waals surface area contributed by atoms with Gasteiger partial charge in [-0.15, -0.1) is 0 Å². The highest BCUT2D eigenvalue weighted by Gasteiger charge is 2.23. The van der Waals surface area contributed by atoms with E-state index in [-0.39, 0.29) is 12.5 Å². The number of hydrogen-bond acceptors (Lipinski definition) is 4. The van der Waals surface area contributed by atoms with Gasteiger partial charge in [-0.3, -0.25) is 9.59 Å². The molecule has 0 fully saturated rings. The molecule has 1 atom stereocenters. The Morgan fingerprint density at radius 3 is 2.00 bits per heavy atom. The Balaban J connectivity index is 0.00000232. The van der Waals surface area contributed by atoms with E-state index in [1.807, 2.05) is 13.8 Å². The topological polar surface area (TPSA) is 52.6 Å². The molecule has 0 aliphatic rings. The molecule has 1 aromatic rings. The fourth-order valence-electron chi connectivity index (χ4n) is 1.41. The summed E-state index contributed by atoms with van der Waals surface area (Å²) in [5.74, 6) is -10.2. The van der Waals surface area contributed by atoms with Crippen molar-refractivity contribution in [3.05, 3.63) is 29.3 Å². The molecule has 0 saturated carbocycles. The maximum absolute atomic E-state index is 13.3. The number of Topliss-reactive ketones (excluding diaryl/α,β-unsaturated/α-hetero) is 1. The minimum atomic E-state index is -1.73. The lowest BCUT2D eigenvalue weighted by Crippen LogP contribution is -2.23. The van der Waals surface area contributed by atoms with Gasteiger partial charge in [-0.05, 0) is 0 Å². The molecule has 0 aliphatic carbocycles. The summed E-state index contributed by atoms with van der Waals surface area (Å²) in [5, 5.41) is 0. The van der Waals surface area contributed by atoms with Crippen molar-refractivity contribution in [2.45, 2.75) is 27.2 Å². The van der Waals surface area contributed by atoms with Crippen molar-refractivity contribution in [2.75, 3.05) is 13.7 Å². The number of carbonyl (C=O) groups is 2. The standard InChI is InChI=1S/C13H12F4O4.C2H6/c1-6(3-10(19)20-2)9(18)5-21-13-11(16)7(14)4-8(15)12(13)17;1-2/h4,6H,3,5H2,1-2H3;1-2H3. The molecule has 130 valence electrons. The molecular weight excluding hydrogens is 320 g/mol. The molecule has 4 nitrogen and oxygen atoms in total. The van der Waals surface area contributed by atoms with Gasteiger partial charge in [-0.2, -0.15) is 8.78 Å². The van der Waals surface area contributed by atoms with Gasteiger partial charge in [-0.1, -0.05) is 20.8 Å². The van der Waals surface area contributed by atoms with Crippen LogP contribution >= 0.6 is 0 Å². The van der Waals surface area contributed by atoms with Crippen LogP contribution in [0.15, 0.2) is 6.07 Å². The summed E-state index contributed by atoms with van der Waals surface area (Å²) >= 11 is 0. The van der Waals surface area contributed by atoms with E-state index >= 15 is 0 Å². The smallest absolute Gasteiger partial charge is 0.306 e. The van der Waals surface area contributed by atoms with Crippen molar-refractivity contribution in [1.29, 1.82) is 0 Å². The van der Waals surface area contributed by atoms with Crippen molar-refractivity contribution in [3.8, 4) is 5.75 Å². The minimum absolute atomic E-state index is 0.0270. The van der Waals surface area contributed by atoms with Crippen LogP contribution in [0.25, 0.3) is 0 Å². The highest BCUT2D eigenvalue weighted by molar-refractivity contribution is 5.86. The first-order valence-corrected chi connectivity index (χ1v) is 6.83. The summed E-state index contributed by atoms with van der Waals surface area (Å²) in [6.07, 6.45) is -0.249. The number of carbonyl (C=O) groups excluding carboxylic acids is 2. The van der Waals surface area contributed by atoms with Gasteiger partial charge in [0.1, 0.15) is 6.61 Å². The van der Waals surface area contributed by atoms with Gasteiger partial charge in [0.15, 0.2) is 23.2 Å². The van der Waals surface area contributed by atoms with Crippen LogP contribution in [0.5, 0.6) is 5.75 Å². The highest BCUT2D eigenvalue weighted by atomic mass is 19.2. The molecule has 0 radical (unpaired) electrons. The molecule has 1 rings (SSSR count). The van der Waals surface area contributed by atoms with Gasteiger partial charge < -0.3 is 9.47 Å². The lowest BCUT2D eigenvalue weighted by molar-refractivity contribution is -0.143. The lowest BCUT2D eigenvalue weighted by Gasteiger charge is -2.12. The molecule has 0 spiro atoms. The fourth-order valence-corrected chi connectivity index (χ4v) is 1.41. The van der Waals surface area contributed by atoms with E-state index in [2.05, 4.69) is 9.47 Å². The Labute approximate surface area is 131 Å². The van der Waals surface area contributed by atoms with Crippen molar-refractivity contribution < 1.29 is 36.6 Å². The first-order chi connectivity index (χ1) is 10.8. The zero-order chi connectivity index (χ0) is 18.2. The molecule has 0 saturated heterocycles. The second-order valence-electron chi connectivity index (χ2n) is 4.23. The zero-order valence-electron chi connectivity index (χ0n) is 13.2. The van der Waals surface area contributed by atoms with E-state index in [9.17, 15) is 27.2 Å². The molecule has 0 aliphatic heterocycles. The Bertz CT molecular complexity index is 535. The van der Waals surface area contributed by atoms with Crippen LogP contribution in [-0.4, -0.2) is 25.5 Å². The van der Waals surface area contributed by atoms with E-state index in [1.165, 1.54) is 6.92 Å². The van der Waals surface area contributed by atoms with Crippen LogP contribution in [0, 0.1) is 29.2 Å². The number of hydrogen-bond donors (Lipinski definition) is 0. The number of ketones is 1. The molecule has 1 unspecified atom stereocenters. The van der Waals surface area contributed by atoms with Crippen LogP contribution < -0.4 is 4.74 Å². The predicted octanol–water partition coefficient (Wildman–Crippen LogP) is 3.42. The van der Waals surface area contributed by atoms with Gasteiger partial charge >= 0.3 is 5.97 Å².